The fourth-order valence-electron chi connectivity index (χ4n) is 4.78. The molecule has 9 nitrogen and oxygen atoms in total. The highest BCUT2D eigenvalue weighted by Gasteiger charge is 2.58. The summed E-state index contributed by atoms with van der Waals surface area (Å²) in [5, 5.41) is 3.00. The number of nitrogens with zero attached hydrogens (tertiary/aromatic N) is 2. The van der Waals surface area contributed by atoms with Gasteiger partial charge in [-0.3, -0.25) is 14.4 Å². The number of amides is 4. The molecule has 40 heavy (non-hydrogen) atoms. The van der Waals surface area contributed by atoms with E-state index in [0.29, 0.717) is 33.0 Å². The van der Waals surface area contributed by atoms with Crippen molar-refractivity contribution in [1.82, 2.24) is 9.80 Å². The number of alkyl halides is 3. The Kier molecular flexibility index (Phi) is 7.28. The standard InChI is InChI=1S/C27H28F4N4O5/c1-15(27(29,30)31)34(13-16-4-6-18(28)7-5-16)21(36)14-35-23(38)26(40-24(35)39)11-10-17-12-19(8-9-20(17)26)33-25(2,3)22(32)37/h4-9,12,15,33H,10-11,13-14H2,1-3H3,(H2,32,37)/t15-,26+/m0/s1. The normalized spacial score (nSPS) is 19.4. The van der Waals surface area contributed by atoms with Crippen LogP contribution in [0.1, 0.15) is 43.9 Å². The van der Waals surface area contributed by atoms with Crippen molar-refractivity contribution >= 4 is 29.5 Å². The lowest BCUT2D eigenvalue weighted by Gasteiger charge is -2.31. The molecule has 214 valence electrons. The van der Waals surface area contributed by atoms with Gasteiger partial charge in [-0.2, -0.15) is 13.2 Å². The van der Waals surface area contributed by atoms with Crippen LogP contribution in [0, 0.1) is 5.82 Å². The van der Waals surface area contributed by atoms with Crippen LogP contribution in [-0.4, -0.2) is 57.9 Å². The monoisotopic (exact) mass is 564 g/mol. The van der Waals surface area contributed by atoms with Crippen molar-refractivity contribution in [2.45, 2.75) is 63.5 Å². The number of fused-ring (bicyclic) bond motifs is 2. The highest BCUT2D eigenvalue weighted by molar-refractivity contribution is 6.06. The van der Waals surface area contributed by atoms with Crippen molar-refractivity contribution < 1.29 is 41.5 Å². The molecule has 1 heterocycles. The lowest BCUT2D eigenvalue weighted by atomic mass is 9.94. The Morgan fingerprint density at radius 2 is 1.80 bits per heavy atom. The number of carbonyl (C=O) groups excluding carboxylic acids is 4. The number of hydrogen-bond acceptors (Lipinski definition) is 6. The van der Waals surface area contributed by atoms with Gasteiger partial charge in [0.15, 0.2) is 0 Å². The predicted octanol–water partition coefficient (Wildman–Crippen LogP) is 3.60. The Labute approximate surface area is 227 Å². The first-order valence-corrected chi connectivity index (χ1v) is 12.4. The summed E-state index contributed by atoms with van der Waals surface area (Å²) in [5.41, 5.74) is 4.43. The van der Waals surface area contributed by atoms with E-state index in [-0.39, 0.29) is 12.0 Å². The molecule has 13 heteroatoms. The Hall–Kier alpha value is -4.16. The molecule has 3 N–H and O–H groups in total. The maximum atomic E-state index is 13.6. The topological polar surface area (TPSA) is 122 Å². The minimum absolute atomic E-state index is 0.0680. The highest BCUT2D eigenvalue weighted by atomic mass is 19.4. The quantitative estimate of drug-likeness (QED) is 0.473. The van der Waals surface area contributed by atoms with E-state index in [9.17, 15) is 36.7 Å². The Bertz CT molecular complexity index is 1360. The minimum atomic E-state index is -4.80. The molecular formula is C27H28F4N4O5. The molecule has 0 radical (unpaired) electrons. The van der Waals surface area contributed by atoms with E-state index in [2.05, 4.69) is 5.32 Å². The summed E-state index contributed by atoms with van der Waals surface area (Å²) >= 11 is 0. The molecule has 0 bridgehead atoms. The molecule has 2 aliphatic rings. The number of hydrogen-bond donors (Lipinski definition) is 2. The second-order valence-corrected chi connectivity index (χ2v) is 10.4. The Balaban J connectivity index is 1.56. The van der Waals surface area contributed by atoms with Crippen LogP contribution in [0.25, 0.3) is 0 Å². The van der Waals surface area contributed by atoms with Gasteiger partial charge in [-0.25, -0.2) is 14.1 Å². The van der Waals surface area contributed by atoms with Crippen LogP contribution in [0.2, 0.25) is 0 Å². The van der Waals surface area contributed by atoms with Crippen LogP contribution in [-0.2, 0) is 37.7 Å². The first-order chi connectivity index (χ1) is 18.5. The van der Waals surface area contributed by atoms with Gasteiger partial charge in [0.2, 0.25) is 17.4 Å². The van der Waals surface area contributed by atoms with Crippen LogP contribution >= 0.6 is 0 Å². The molecule has 2 atom stereocenters. The number of ether oxygens (including phenoxy) is 1. The molecular weight excluding hydrogens is 536 g/mol. The maximum Gasteiger partial charge on any atom is 0.418 e. The molecule has 2 aromatic carbocycles. The third-order valence-electron chi connectivity index (χ3n) is 7.25. The third-order valence-corrected chi connectivity index (χ3v) is 7.25. The van der Waals surface area contributed by atoms with Gasteiger partial charge in [-0.15, -0.1) is 0 Å². The SMILES string of the molecule is C[C@H](N(Cc1ccc(F)cc1)C(=O)CN1C(=O)O[C@@]2(CCc3cc(NC(C)(C)C(N)=O)ccc32)C1=O)C(F)(F)F. The summed E-state index contributed by atoms with van der Waals surface area (Å²) in [6.45, 7) is 2.48. The van der Waals surface area contributed by atoms with Gasteiger partial charge >= 0.3 is 12.3 Å². The second-order valence-electron chi connectivity index (χ2n) is 10.4. The lowest BCUT2D eigenvalue weighted by molar-refractivity contribution is -0.187. The number of primary amides is 1. The van der Waals surface area contributed by atoms with Crippen LogP contribution in [0.4, 0.5) is 28.0 Å². The molecule has 0 saturated carbocycles. The molecule has 1 aliphatic heterocycles. The van der Waals surface area contributed by atoms with Crippen molar-refractivity contribution in [3.8, 4) is 0 Å². The molecule has 0 aromatic heterocycles. The van der Waals surface area contributed by atoms with Gasteiger partial charge in [0, 0.05) is 24.2 Å². The number of halogens is 4. The zero-order valence-electron chi connectivity index (χ0n) is 22.0. The van der Waals surface area contributed by atoms with Crippen LogP contribution < -0.4 is 11.1 Å². The fraction of sp³-hybridized carbons (Fsp3) is 0.407. The largest absolute Gasteiger partial charge is 0.427 e. The van der Waals surface area contributed by atoms with E-state index in [0.717, 1.165) is 19.1 Å². The summed E-state index contributed by atoms with van der Waals surface area (Å²) in [4.78, 5) is 52.1. The minimum Gasteiger partial charge on any atom is -0.427 e. The van der Waals surface area contributed by atoms with Gasteiger partial charge in [-0.1, -0.05) is 18.2 Å². The molecule has 2 aromatic rings. The molecule has 4 amide bonds. The number of nitrogens with one attached hydrogen (secondary N) is 1. The van der Waals surface area contributed by atoms with Gasteiger partial charge < -0.3 is 20.7 Å². The average Bonchev–Trinajstić information content (AvgIpc) is 3.34. The average molecular weight is 565 g/mol. The molecule has 1 aliphatic carbocycles. The van der Waals surface area contributed by atoms with E-state index in [1.165, 1.54) is 12.1 Å². The first kappa shape index (κ1) is 28.8. The van der Waals surface area contributed by atoms with Crippen molar-refractivity contribution in [2.75, 3.05) is 11.9 Å². The number of nitrogens with two attached hydrogens (primary N) is 1. The summed E-state index contributed by atoms with van der Waals surface area (Å²) in [6.07, 6.45) is -5.56. The lowest BCUT2D eigenvalue weighted by Crippen LogP contribution is -2.51. The van der Waals surface area contributed by atoms with Crippen LogP contribution in [0.15, 0.2) is 42.5 Å². The summed E-state index contributed by atoms with van der Waals surface area (Å²) in [6, 6.07) is 7.17. The molecule has 1 spiro atoms. The van der Waals surface area contributed by atoms with E-state index < -0.39 is 66.1 Å². The molecule has 1 saturated heterocycles. The molecule has 4 rings (SSSR count). The summed E-state index contributed by atoms with van der Waals surface area (Å²) < 4.78 is 59.6. The molecule has 1 fully saturated rings. The molecule has 0 unspecified atom stereocenters. The number of anilines is 1. The number of imide groups is 1. The highest BCUT2D eigenvalue weighted by Crippen LogP contribution is 2.46. The van der Waals surface area contributed by atoms with Crippen molar-refractivity contribution in [1.29, 1.82) is 0 Å². The Morgan fingerprint density at radius 1 is 1.15 bits per heavy atom. The predicted molar refractivity (Wildman–Crippen MR) is 134 cm³/mol. The summed E-state index contributed by atoms with van der Waals surface area (Å²) in [5.74, 6) is -3.18. The van der Waals surface area contributed by atoms with Crippen molar-refractivity contribution in [3.63, 3.8) is 0 Å². The fourth-order valence-corrected chi connectivity index (χ4v) is 4.78. The number of rotatable bonds is 8. The number of carbonyl (C=O) groups is 4. The number of benzene rings is 2. The maximum absolute atomic E-state index is 13.6. The van der Waals surface area contributed by atoms with Gasteiger partial charge in [0.25, 0.3) is 5.91 Å². The van der Waals surface area contributed by atoms with E-state index in [4.69, 9.17) is 10.5 Å². The van der Waals surface area contributed by atoms with Gasteiger partial charge in [0.1, 0.15) is 23.9 Å². The van der Waals surface area contributed by atoms with Gasteiger partial charge in [-0.05, 0) is 62.6 Å². The van der Waals surface area contributed by atoms with E-state index in [1.54, 1.807) is 32.0 Å². The van der Waals surface area contributed by atoms with Crippen LogP contribution in [0.5, 0.6) is 0 Å². The van der Waals surface area contributed by atoms with Crippen LogP contribution in [0.3, 0.4) is 0 Å². The van der Waals surface area contributed by atoms with E-state index in [1.807, 2.05) is 0 Å². The zero-order chi connectivity index (χ0) is 29.6. The van der Waals surface area contributed by atoms with Crippen molar-refractivity contribution in [3.05, 3.63) is 65.0 Å². The number of aryl methyl sites for hydroxylation is 1. The first-order valence-electron chi connectivity index (χ1n) is 12.4. The summed E-state index contributed by atoms with van der Waals surface area (Å²) in [7, 11) is 0. The Morgan fingerprint density at radius 3 is 2.40 bits per heavy atom. The smallest absolute Gasteiger partial charge is 0.418 e. The van der Waals surface area contributed by atoms with Crippen molar-refractivity contribution in [2.24, 2.45) is 5.73 Å². The van der Waals surface area contributed by atoms with Gasteiger partial charge in [0.05, 0.1) is 0 Å². The third kappa shape index (κ3) is 5.32. The zero-order valence-corrected chi connectivity index (χ0v) is 22.0. The van der Waals surface area contributed by atoms with E-state index >= 15 is 0 Å². The second kappa shape index (κ2) is 10.1.